The number of esters is 1. The number of rotatable bonds is 7. The van der Waals surface area contributed by atoms with Gasteiger partial charge < -0.3 is 14.4 Å². The second kappa shape index (κ2) is 6.48. The van der Waals surface area contributed by atoms with Gasteiger partial charge in [0.05, 0.1) is 5.41 Å². The monoisotopic (exact) mass is 313 g/mol. The van der Waals surface area contributed by atoms with Gasteiger partial charge in [0.25, 0.3) is 0 Å². The number of methoxy groups -OCH3 is 1. The standard InChI is InChI=1S/C18H35NO3/c1-13(19(7)8)12-18(6,17(5)10-11-17)14(20)22-15(21-9)16(2,3)4/h13,15H,10-12H2,1-9H3. The van der Waals surface area contributed by atoms with Gasteiger partial charge in [0, 0.05) is 18.6 Å². The molecule has 1 aliphatic carbocycles. The van der Waals surface area contributed by atoms with Gasteiger partial charge >= 0.3 is 5.97 Å². The van der Waals surface area contributed by atoms with Gasteiger partial charge in [-0.1, -0.05) is 27.7 Å². The smallest absolute Gasteiger partial charge is 0.314 e. The molecular weight excluding hydrogens is 278 g/mol. The van der Waals surface area contributed by atoms with E-state index in [2.05, 4.69) is 39.8 Å². The third kappa shape index (κ3) is 4.02. The van der Waals surface area contributed by atoms with Crippen molar-refractivity contribution in [3.63, 3.8) is 0 Å². The highest BCUT2D eigenvalue weighted by molar-refractivity contribution is 5.78. The minimum atomic E-state index is -0.517. The van der Waals surface area contributed by atoms with Crippen LogP contribution >= 0.6 is 0 Å². The van der Waals surface area contributed by atoms with Gasteiger partial charge in [-0.2, -0.15) is 0 Å². The van der Waals surface area contributed by atoms with Crippen molar-refractivity contribution in [1.29, 1.82) is 0 Å². The van der Waals surface area contributed by atoms with Gasteiger partial charge in [-0.15, -0.1) is 0 Å². The Morgan fingerprint density at radius 1 is 1.23 bits per heavy atom. The SMILES string of the molecule is COC(OC(=O)C(C)(CC(C)N(C)C)C1(C)CC1)C(C)(C)C. The molecule has 3 atom stereocenters. The van der Waals surface area contributed by atoms with E-state index < -0.39 is 11.7 Å². The highest BCUT2D eigenvalue weighted by Crippen LogP contribution is 2.61. The summed E-state index contributed by atoms with van der Waals surface area (Å²) in [5.41, 5.74) is -0.661. The van der Waals surface area contributed by atoms with Crippen LogP contribution < -0.4 is 0 Å². The fourth-order valence-electron chi connectivity index (χ4n) is 2.89. The van der Waals surface area contributed by atoms with Gasteiger partial charge in [0.15, 0.2) is 0 Å². The summed E-state index contributed by atoms with van der Waals surface area (Å²) in [5, 5.41) is 0. The highest BCUT2D eigenvalue weighted by atomic mass is 16.7. The van der Waals surface area contributed by atoms with Crippen LogP contribution in [0.5, 0.6) is 0 Å². The van der Waals surface area contributed by atoms with Gasteiger partial charge in [0.2, 0.25) is 6.29 Å². The first-order valence-electron chi connectivity index (χ1n) is 8.28. The lowest BCUT2D eigenvalue weighted by atomic mass is 9.70. The molecule has 3 unspecified atom stereocenters. The Hall–Kier alpha value is -0.610. The van der Waals surface area contributed by atoms with Crippen molar-refractivity contribution in [3.8, 4) is 0 Å². The predicted octanol–water partition coefficient (Wildman–Crippen LogP) is 3.69. The largest absolute Gasteiger partial charge is 0.435 e. The summed E-state index contributed by atoms with van der Waals surface area (Å²) in [6, 6.07) is 0.325. The number of nitrogens with zero attached hydrogens (tertiary/aromatic N) is 1. The van der Waals surface area contributed by atoms with E-state index in [0.29, 0.717) is 6.04 Å². The highest BCUT2D eigenvalue weighted by Gasteiger charge is 2.59. The summed E-state index contributed by atoms with van der Waals surface area (Å²) in [5.74, 6) is -0.122. The van der Waals surface area contributed by atoms with Crippen LogP contribution in [0.15, 0.2) is 0 Å². The molecule has 0 saturated heterocycles. The van der Waals surface area contributed by atoms with Gasteiger partial charge in [-0.3, -0.25) is 4.79 Å². The van der Waals surface area contributed by atoms with Crippen LogP contribution in [0.25, 0.3) is 0 Å². The maximum absolute atomic E-state index is 13.0. The molecule has 0 N–H and O–H groups in total. The molecule has 0 bridgehead atoms. The second-order valence-electron chi connectivity index (χ2n) is 8.75. The fraction of sp³-hybridized carbons (Fsp3) is 0.944. The van der Waals surface area contributed by atoms with Crippen molar-refractivity contribution in [2.45, 2.75) is 73.1 Å². The van der Waals surface area contributed by atoms with Crippen LogP contribution in [0, 0.1) is 16.2 Å². The van der Waals surface area contributed by atoms with Crippen LogP contribution in [0.4, 0.5) is 0 Å². The van der Waals surface area contributed by atoms with Crippen LogP contribution in [0.1, 0.15) is 60.8 Å². The molecule has 130 valence electrons. The third-order valence-electron chi connectivity index (χ3n) is 5.50. The van der Waals surface area contributed by atoms with E-state index in [4.69, 9.17) is 9.47 Å². The Morgan fingerprint density at radius 3 is 2.05 bits per heavy atom. The first-order valence-corrected chi connectivity index (χ1v) is 8.28. The number of hydrogen-bond donors (Lipinski definition) is 0. The molecular formula is C18H35NO3. The van der Waals surface area contributed by atoms with Gasteiger partial charge in [0.1, 0.15) is 0 Å². The van der Waals surface area contributed by atoms with E-state index in [0.717, 1.165) is 19.3 Å². The molecule has 1 aliphatic rings. The van der Waals surface area contributed by atoms with E-state index in [1.165, 1.54) is 0 Å². The second-order valence-corrected chi connectivity index (χ2v) is 8.75. The van der Waals surface area contributed by atoms with E-state index >= 15 is 0 Å². The van der Waals surface area contributed by atoms with Gasteiger partial charge in [-0.05, 0) is 52.6 Å². The van der Waals surface area contributed by atoms with Crippen molar-refractivity contribution in [1.82, 2.24) is 4.90 Å². The normalized spacial score (nSPS) is 22.8. The molecule has 0 aromatic carbocycles. The number of hydrogen-bond acceptors (Lipinski definition) is 4. The number of ether oxygens (including phenoxy) is 2. The van der Waals surface area contributed by atoms with Crippen molar-refractivity contribution >= 4 is 5.97 Å². The zero-order valence-electron chi connectivity index (χ0n) is 15.9. The van der Waals surface area contributed by atoms with Crippen molar-refractivity contribution in [2.75, 3.05) is 21.2 Å². The summed E-state index contributed by atoms with van der Waals surface area (Å²) in [7, 11) is 5.71. The molecule has 0 radical (unpaired) electrons. The van der Waals surface area contributed by atoms with Gasteiger partial charge in [-0.25, -0.2) is 0 Å². The molecule has 0 aromatic rings. The molecule has 0 aliphatic heterocycles. The molecule has 1 saturated carbocycles. The Kier molecular flexibility index (Phi) is 5.73. The van der Waals surface area contributed by atoms with Crippen molar-refractivity contribution in [3.05, 3.63) is 0 Å². The maximum Gasteiger partial charge on any atom is 0.314 e. The Bertz CT molecular complexity index is 396. The van der Waals surface area contributed by atoms with E-state index in [1.54, 1.807) is 7.11 Å². The first-order chi connectivity index (χ1) is 9.87. The molecule has 22 heavy (non-hydrogen) atoms. The molecule has 0 heterocycles. The zero-order chi connectivity index (χ0) is 17.3. The average molecular weight is 313 g/mol. The molecule has 0 aromatic heterocycles. The summed E-state index contributed by atoms with van der Waals surface area (Å²) in [6.07, 6.45) is 2.46. The summed E-state index contributed by atoms with van der Waals surface area (Å²) >= 11 is 0. The Morgan fingerprint density at radius 2 is 1.73 bits per heavy atom. The number of carbonyl (C=O) groups excluding carboxylic acids is 1. The lowest BCUT2D eigenvalue weighted by Gasteiger charge is -2.40. The molecule has 0 amide bonds. The molecule has 1 rings (SSSR count). The van der Waals surface area contributed by atoms with Crippen molar-refractivity contribution < 1.29 is 14.3 Å². The lowest BCUT2D eigenvalue weighted by Crippen LogP contribution is -2.46. The first kappa shape index (κ1) is 19.4. The molecule has 4 heteroatoms. The minimum Gasteiger partial charge on any atom is -0.435 e. The lowest BCUT2D eigenvalue weighted by molar-refractivity contribution is -0.209. The summed E-state index contributed by atoms with van der Waals surface area (Å²) in [4.78, 5) is 15.2. The van der Waals surface area contributed by atoms with E-state index in [9.17, 15) is 4.79 Å². The average Bonchev–Trinajstić information content (AvgIpc) is 3.13. The van der Waals surface area contributed by atoms with Crippen LogP contribution in [-0.2, 0) is 14.3 Å². The van der Waals surface area contributed by atoms with Crippen molar-refractivity contribution in [2.24, 2.45) is 16.2 Å². The van der Waals surface area contributed by atoms with Crippen LogP contribution in [0.2, 0.25) is 0 Å². The fourth-order valence-corrected chi connectivity index (χ4v) is 2.89. The molecule has 4 nitrogen and oxygen atoms in total. The quantitative estimate of drug-likeness (QED) is 0.531. The zero-order valence-corrected chi connectivity index (χ0v) is 15.9. The Labute approximate surface area is 136 Å². The summed E-state index contributed by atoms with van der Waals surface area (Å²) in [6.45, 7) is 12.5. The third-order valence-corrected chi connectivity index (χ3v) is 5.50. The van der Waals surface area contributed by atoms with Crippen LogP contribution in [0.3, 0.4) is 0 Å². The minimum absolute atomic E-state index is 0.0462. The Balaban J connectivity index is 2.95. The molecule has 0 spiro atoms. The maximum atomic E-state index is 13.0. The predicted molar refractivity (Wildman–Crippen MR) is 89.6 cm³/mol. The number of carbonyl (C=O) groups is 1. The topological polar surface area (TPSA) is 38.8 Å². The van der Waals surface area contributed by atoms with E-state index in [-0.39, 0.29) is 16.8 Å². The van der Waals surface area contributed by atoms with Crippen LogP contribution in [-0.4, -0.2) is 44.4 Å². The molecule has 1 fully saturated rings. The van der Waals surface area contributed by atoms with E-state index in [1.807, 2.05) is 20.8 Å². The summed E-state index contributed by atoms with van der Waals surface area (Å²) < 4.78 is 11.2.